The Morgan fingerprint density at radius 1 is 1.33 bits per heavy atom. The topological polar surface area (TPSA) is 26.3 Å². The summed E-state index contributed by atoms with van der Waals surface area (Å²) < 4.78 is 5.80. The molecular weight excluding hydrogens is 296 g/mol. The summed E-state index contributed by atoms with van der Waals surface area (Å²) in [7, 11) is 0. The average Bonchev–Trinajstić information content (AvgIpc) is 2.46. The normalized spacial score (nSPS) is 20.6. The van der Waals surface area contributed by atoms with E-state index in [1.165, 1.54) is 36.0 Å². The fourth-order valence-electron chi connectivity index (χ4n) is 3.46. The zero-order valence-corrected chi connectivity index (χ0v) is 16.3. The molecule has 0 aromatic rings. The van der Waals surface area contributed by atoms with Gasteiger partial charge in [0.25, 0.3) is 0 Å². The smallest absolute Gasteiger partial charge is 0.142 e. The van der Waals surface area contributed by atoms with Crippen molar-refractivity contribution in [3.05, 3.63) is 46.6 Å². The van der Waals surface area contributed by atoms with Crippen LogP contribution in [0.4, 0.5) is 0 Å². The largest absolute Gasteiger partial charge is 0.374 e. The van der Waals surface area contributed by atoms with Crippen LogP contribution in [0.5, 0.6) is 0 Å². The van der Waals surface area contributed by atoms with Crippen molar-refractivity contribution in [3.8, 4) is 0 Å². The van der Waals surface area contributed by atoms with E-state index in [1.807, 2.05) is 13.8 Å². The molecule has 1 unspecified atom stereocenters. The van der Waals surface area contributed by atoms with Crippen molar-refractivity contribution in [2.24, 2.45) is 5.41 Å². The molecule has 0 saturated carbocycles. The van der Waals surface area contributed by atoms with Gasteiger partial charge in [-0.05, 0) is 70.4 Å². The molecule has 0 amide bonds. The minimum Gasteiger partial charge on any atom is -0.374 e. The maximum Gasteiger partial charge on any atom is 0.142 e. The van der Waals surface area contributed by atoms with E-state index in [0.29, 0.717) is 6.61 Å². The number of allylic oxidation sites excluding steroid dienone is 6. The lowest BCUT2D eigenvalue weighted by Gasteiger charge is -2.33. The van der Waals surface area contributed by atoms with Crippen LogP contribution in [0.15, 0.2) is 46.6 Å². The molecule has 0 saturated heterocycles. The molecule has 0 radical (unpaired) electrons. The Balaban J connectivity index is 2.89. The summed E-state index contributed by atoms with van der Waals surface area (Å²) in [6, 6.07) is 0. The SMILES string of the molecule is CCOC(/C=C(C)/C=C/C1=C(C)CCCC1(C)C)C/C(C)=C/C=O. The fourth-order valence-corrected chi connectivity index (χ4v) is 3.46. The van der Waals surface area contributed by atoms with E-state index in [-0.39, 0.29) is 11.5 Å². The van der Waals surface area contributed by atoms with E-state index in [9.17, 15) is 4.79 Å². The van der Waals surface area contributed by atoms with Gasteiger partial charge in [0, 0.05) is 6.61 Å². The maximum atomic E-state index is 10.6. The van der Waals surface area contributed by atoms with E-state index in [0.717, 1.165) is 18.3 Å². The summed E-state index contributed by atoms with van der Waals surface area (Å²) in [5, 5.41) is 0. The highest BCUT2D eigenvalue weighted by molar-refractivity contribution is 5.65. The number of rotatable bonds is 8. The second-order valence-electron chi connectivity index (χ2n) is 7.52. The third kappa shape index (κ3) is 6.60. The molecule has 1 atom stereocenters. The Hall–Kier alpha value is -1.41. The standard InChI is InChI=1S/C22H34O2/c1-7-24-20(16-18(3)12-14-23)15-17(2)10-11-21-19(4)9-8-13-22(21,5)6/h10-12,14-15,20H,7-9,13,16H2,1-6H3/b11-10+,17-15+,18-12+. The van der Waals surface area contributed by atoms with Crippen molar-refractivity contribution in [1.29, 1.82) is 0 Å². The van der Waals surface area contributed by atoms with Gasteiger partial charge < -0.3 is 4.74 Å². The molecule has 1 aliphatic rings. The van der Waals surface area contributed by atoms with Crippen LogP contribution in [0, 0.1) is 5.41 Å². The first kappa shape index (κ1) is 20.6. The molecule has 0 heterocycles. The Bertz CT molecular complexity index is 544. The predicted molar refractivity (Wildman–Crippen MR) is 103 cm³/mol. The van der Waals surface area contributed by atoms with Gasteiger partial charge in [-0.25, -0.2) is 0 Å². The molecule has 2 heteroatoms. The molecule has 0 N–H and O–H groups in total. The highest BCUT2D eigenvalue weighted by Crippen LogP contribution is 2.40. The minimum atomic E-state index is 0.0188. The van der Waals surface area contributed by atoms with Crippen LogP contribution >= 0.6 is 0 Å². The molecule has 0 aliphatic heterocycles. The van der Waals surface area contributed by atoms with Gasteiger partial charge in [-0.15, -0.1) is 0 Å². The molecule has 0 spiro atoms. The summed E-state index contributed by atoms with van der Waals surface area (Å²) in [4.78, 5) is 10.6. The maximum absolute atomic E-state index is 10.6. The summed E-state index contributed by atoms with van der Waals surface area (Å²) >= 11 is 0. The van der Waals surface area contributed by atoms with Crippen LogP contribution < -0.4 is 0 Å². The van der Waals surface area contributed by atoms with Crippen molar-refractivity contribution < 1.29 is 9.53 Å². The number of ether oxygens (including phenoxy) is 1. The third-order valence-corrected chi connectivity index (χ3v) is 4.76. The highest BCUT2D eigenvalue weighted by atomic mass is 16.5. The zero-order chi connectivity index (χ0) is 18.2. The highest BCUT2D eigenvalue weighted by Gasteiger charge is 2.26. The molecule has 2 nitrogen and oxygen atoms in total. The summed E-state index contributed by atoms with van der Waals surface area (Å²) in [5.41, 5.74) is 5.51. The molecule has 0 bridgehead atoms. The van der Waals surface area contributed by atoms with E-state index >= 15 is 0 Å². The molecular formula is C22H34O2. The first-order valence-corrected chi connectivity index (χ1v) is 9.09. The van der Waals surface area contributed by atoms with Gasteiger partial charge in [0.1, 0.15) is 6.29 Å². The Morgan fingerprint density at radius 3 is 2.62 bits per heavy atom. The van der Waals surface area contributed by atoms with Gasteiger partial charge in [-0.1, -0.05) is 48.8 Å². The first-order chi connectivity index (χ1) is 11.3. The molecule has 134 valence electrons. The second kappa shape index (κ2) is 9.78. The number of carbonyl (C=O) groups is 1. The molecule has 1 aliphatic carbocycles. The minimum absolute atomic E-state index is 0.0188. The van der Waals surface area contributed by atoms with Crippen LogP contribution in [-0.2, 0) is 9.53 Å². The van der Waals surface area contributed by atoms with Crippen LogP contribution in [-0.4, -0.2) is 19.0 Å². The molecule has 24 heavy (non-hydrogen) atoms. The average molecular weight is 331 g/mol. The van der Waals surface area contributed by atoms with Gasteiger partial charge in [0.05, 0.1) is 6.10 Å². The van der Waals surface area contributed by atoms with Gasteiger partial charge in [0.15, 0.2) is 0 Å². The first-order valence-electron chi connectivity index (χ1n) is 9.09. The lowest BCUT2D eigenvalue weighted by molar-refractivity contribution is -0.104. The number of hydrogen-bond acceptors (Lipinski definition) is 2. The Labute approximate surface area is 148 Å². The van der Waals surface area contributed by atoms with Crippen molar-refractivity contribution >= 4 is 6.29 Å². The fraction of sp³-hybridized carbons (Fsp3) is 0.591. The summed E-state index contributed by atoms with van der Waals surface area (Å²) in [5.74, 6) is 0. The van der Waals surface area contributed by atoms with Gasteiger partial charge in [-0.2, -0.15) is 0 Å². The van der Waals surface area contributed by atoms with Gasteiger partial charge in [0.2, 0.25) is 0 Å². The third-order valence-electron chi connectivity index (χ3n) is 4.76. The van der Waals surface area contributed by atoms with E-state index in [1.54, 1.807) is 6.08 Å². The summed E-state index contributed by atoms with van der Waals surface area (Å²) in [6.07, 6.45) is 13.6. The van der Waals surface area contributed by atoms with Crippen LogP contribution in [0.2, 0.25) is 0 Å². The van der Waals surface area contributed by atoms with Crippen LogP contribution in [0.25, 0.3) is 0 Å². The number of carbonyl (C=O) groups excluding carboxylic acids is 1. The number of hydrogen-bond donors (Lipinski definition) is 0. The Kier molecular flexibility index (Phi) is 8.41. The molecule has 0 fully saturated rings. The lowest BCUT2D eigenvalue weighted by Crippen LogP contribution is -2.19. The van der Waals surface area contributed by atoms with E-state index < -0.39 is 0 Å². The Morgan fingerprint density at radius 2 is 2.04 bits per heavy atom. The predicted octanol–water partition coefficient (Wildman–Crippen LogP) is 5.96. The van der Waals surface area contributed by atoms with Crippen LogP contribution in [0.3, 0.4) is 0 Å². The van der Waals surface area contributed by atoms with E-state index in [2.05, 4.69) is 45.9 Å². The monoisotopic (exact) mass is 330 g/mol. The quantitative estimate of drug-likeness (QED) is 0.312. The van der Waals surface area contributed by atoms with Crippen molar-refractivity contribution in [1.82, 2.24) is 0 Å². The zero-order valence-electron chi connectivity index (χ0n) is 16.3. The molecule has 0 aromatic heterocycles. The molecule has 0 aromatic carbocycles. The van der Waals surface area contributed by atoms with Crippen molar-refractivity contribution in [2.75, 3.05) is 6.61 Å². The summed E-state index contributed by atoms with van der Waals surface area (Å²) in [6.45, 7) is 13.7. The van der Waals surface area contributed by atoms with Crippen molar-refractivity contribution in [2.45, 2.75) is 73.3 Å². The van der Waals surface area contributed by atoms with Crippen molar-refractivity contribution in [3.63, 3.8) is 0 Å². The number of aldehydes is 1. The second-order valence-corrected chi connectivity index (χ2v) is 7.52. The lowest BCUT2D eigenvalue weighted by atomic mass is 9.72. The van der Waals surface area contributed by atoms with Gasteiger partial charge >= 0.3 is 0 Å². The van der Waals surface area contributed by atoms with E-state index in [4.69, 9.17) is 4.74 Å². The van der Waals surface area contributed by atoms with Crippen LogP contribution in [0.1, 0.15) is 67.2 Å². The van der Waals surface area contributed by atoms with Gasteiger partial charge in [-0.3, -0.25) is 4.79 Å². The molecule has 1 rings (SSSR count).